The number of aryl methyl sites for hydroxylation is 2. The summed E-state index contributed by atoms with van der Waals surface area (Å²) in [4.78, 5) is 17.3. The molecule has 0 unspecified atom stereocenters. The van der Waals surface area contributed by atoms with Crippen molar-refractivity contribution in [3.05, 3.63) is 101 Å². The number of nitriles is 1. The molecule has 4 rings (SSSR count). The summed E-state index contributed by atoms with van der Waals surface area (Å²) in [6.45, 7) is 3.95. The van der Waals surface area contributed by atoms with Gasteiger partial charge in [0.25, 0.3) is 0 Å². The number of carbonyl (C=O) groups excluding carboxylic acids is 1. The van der Waals surface area contributed by atoms with Crippen molar-refractivity contribution in [3.8, 4) is 28.5 Å². The van der Waals surface area contributed by atoms with E-state index in [1.54, 1.807) is 6.07 Å². The number of anilines is 1. The van der Waals surface area contributed by atoms with Gasteiger partial charge in [-0.1, -0.05) is 77.8 Å². The Bertz CT molecular complexity index is 1400. The van der Waals surface area contributed by atoms with E-state index < -0.39 is 0 Å². The largest absolute Gasteiger partial charge is 0.326 e. The highest BCUT2D eigenvalue weighted by atomic mass is 35.5. The first kappa shape index (κ1) is 24.5. The van der Waals surface area contributed by atoms with E-state index in [4.69, 9.17) is 16.6 Å². The topological polar surface area (TPSA) is 65.8 Å². The van der Waals surface area contributed by atoms with Crippen LogP contribution < -0.4 is 5.32 Å². The van der Waals surface area contributed by atoms with Gasteiger partial charge in [0.15, 0.2) is 0 Å². The number of nitrogens with zero attached hydrogens (tertiary/aromatic N) is 2. The molecule has 0 aliphatic rings. The van der Waals surface area contributed by atoms with Crippen LogP contribution in [0.25, 0.3) is 22.4 Å². The molecule has 1 heterocycles. The molecule has 0 radical (unpaired) electrons. The molecule has 0 aliphatic carbocycles. The number of pyridine rings is 1. The average Bonchev–Trinajstić information content (AvgIpc) is 2.87. The molecule has 0 bridgehead atoms. The van der Waals surface area contributed by atoms with Crippen LogP contribution in [0.2, 0.25) is 5.02 Å². The highest BCUT2D eigenvalue weighted by Crippen LogP contribution is 2.34. The zero-order valence-corrected chi connectivity index (χ0v) is 21.1. The van der Waals surface area contributed by atoms with Gasteiger partial charge in [-0.25, -0.2) is 4.98 Å². The van der Waals surface area contributed by atoms with Crippen LogP contribution in [0.1, 0.15) is 23.1 Å². The van der Waals surface area contributed by atoms with Crippen molar-refractivity contribution in [2.24, 2.45) is 0 Å². The molecule has 1 amide bonds. The minimum Gasteiger partial charge on any atom is -0.326 e. The Balaban J connectivity index is 1.58. The molecule has 174 valence electrons. The molecule has 1 aromatic heterocycles. The van der Waals surface area contributed by atoms with Crippen LogP contribution in [0.5, 0.6) is 0 Å². The molecule has 35 heavy (non-hydrogen) atoms. The van der Waals surface area contributed by atoms with Crippen molar-refractivity contribution in [3.63, 3.8) is 0 Å². The van der Waals surface area contributed by atoms with Crippen molar-refractivity contribution in [2.45, 2.75) is 25.3 Å². The lowest BCUT2D eigenvalue weighted by Crippen LogP contribution is -2.12. The van der Waals surface area contributed by atoms with Crippen molar-refractivity contribution in [2.75, 3.05) is 11.1 Å². The molecule has 0 fully saturated rings. The highest BCUT2D eigenvalue weighted by Gasteiger charge is 2.16. The van der Waals surface area contributed by atoms with Crippen molar-refractivity contribution in [1.82, 2.24) is 4.98 Å². The van der Waals surface area contributed by atoms with E-state index in [0.29, 0.717) is 27.1 Å². The fourth-order valence-corrected chi connectivity index (χ4v) is 4.71. The molecule has 0 atom stereocenters. The lowest BCUT2D eigenvalue weighted by atomic mass is 9.98. The molecule has 0 aliphatic heterocycles. The summed E-state index contributed by atoms with van der Waals surface area (Å²) < 4.78 is 0. The highest BCUT2D eigenvalue weighted by molar-refractivity contribution is 7.99. The number of benzene rings is 3. The van der Waals surface area contributed by atoms with Crippen molar-refractivity contribution < 1.29 is 4.79 Å². The maximum absolute atomic E-state index is 12.5. The number of amides is 1. The molecule has 0 spiro atoms. The smallest absolute Gasteiger partial charge is 0.225 e. The Kier molecular flexibility index (Phi) is 7.87. The summed E-state index contributed by atoms with van der Waals surface area (Å²) in [6.07, 6.45) is 0.276. The van der Waals surface area contributed by atoms with Gasteiger partial charge in [0.05, 0.1) is 11.3 Å². The summed E-state index contributed by atoms with van der Waals surface area (Å²) in [5, 5.41) is 14.1. The number of thioether (sulfide) groups is 1. The molecule has 0 saturated carbocycles. The minimum atomic E-state index is -0.117. The zero-order valence-electron chi connectivity index (χ0n) is 19.5. The fraction of sp³-hybridized carbons (Fsp3) is 0.138. The van der Waals surface area contributed by atoms with E-state index in [2.05, 4.69) is 11.4 Å². The van der Waals surface area contributed by atoms with Crippen molar-refractivity contribution >= 4 is 35.0 Å². The zero-order chi connectivity index (χ0) is 24.8. The molecule has 4 nitrogen and oxygen atoms in total. The number of hydrogen-bond acceptors (Lipinski definition) is 4. The SMILES string of the molecule is Cc1ccc(-c2cc(-c3ccccc3)nc(SCCC(=O)Nc3ccc(C)c(Cl)c3)c2C#N)cc1. The Morgan fingerprint density at radius 3 is 2.43 bits per heavy atom. The van der Waals surface area contributed by atoms with Gasteiger partial charge in [0, 0.05) is 34.0 Å². The fourth-order valence-electron chi connectivity index (χ4n) is 3.59. The van der Waals surface area contributed by atoms with E-state index in [0.717, 1.165) is 33.5 Å². The first-order valence-corrected chi connectivity index (χ1v) is 12.6. The molecule has 1 N–H and O–H groups in total. The summed E-state index contributed by atoms with van der Waals surface area (Å²) in [6, 6.07) is 27.8. The lowest BCUT2D eigenvalue weighted by Gasteiger charge is -2.13. The maximum atomic E-state index is 12.5. The number of carbonyl (C=O) groups is 1. The number of nitrogens with one attached hydrogen (secondary N) is 1. The van der Waals surface area contributed by atoms with Crippen LogP contribution in [0, 0.1) is 25.2 Å². The molecular weight excluding hydrogens is 474 g/mol. The van der Waals surface area contributed by atoms with Gasteiger partial charge >= 0.3 is 0 Å². The van der Waals surface area contributed by atoms with E-state index in [1.165, 1.54) is 11.8 Å². The molecular formula is C29H24ClN3OS. The van der Waals surface area contributed by atoms with Crippen LogP contribution in [0.15, 0.2) is 83.9 Å². The second kappa shape index (κ2) is 11.2. The predicted octanol–water partition coefficient (Wildman–Crippen LogP) is 7.68. The Morgan fingerprint density at radius 2 is 1.74 bits per heavy atom. The van der Waals surface area contributed by atoms with Gasteiger partial charge in [-0.15, -0.1) is 11.8 Å². The quantitative estimate of drug-likeness (QED) is 0.266. The first-order chi connectivity index (χ1) is 16.9. The summed E-state index contributed by atoms with van der Waals surface area (Å²) in [7, 11) is 0. The lowest BCUT2D eigenvalue weighted by molar-refractivity contribution is -0.115. The third-order valence-electron chi connectivity index (χ3n) is 5.55. The second-order valence-electron chi connectivity index (χ2n) is 8.19. The summed E-state index contributed by atoms with van der Waals surface area (Å²) in [5.41, 5.74) is 6.86. The van der Waals surface area contributed by atoms with Crippen LogP contribution >= 0.6 is 23.4 Å². The Hall–Kier alpha value is -3.59. The number of aromatic nitrogens is 1. The molecule has 0 saturated heterocycles. The van der Waals surface area contributed by atoms with Gasteiger partial charge in [-0.3, -0.25) is 4.79 Å². The Labute approximate surface area is 215 Å². The Morgan fingerprint density at radius 1 is 1.00 bits per heavy atom. The molecule has 6 heteroatoms. The third-order valence-corrected chi connectivity index (χ3v) is 6.94. The number of rotatable bonds is 7. The minimum absolute atomic E-state index is 0.117. The normalized spacial score (nSPS) is 10.6. The van der Waals surface area contributed by atoms with Gasteiger partial charge < -0.3 is 5.32 Å². The van der Waals surface area contributed by atoms with Gasteiger partial charge in [0.1, 0.15) is 11.1 Å². The monoisotopic (exact) mass is 497 g/mol. The summed E-state index contributed by atoms with van der Waals surface area (Å²) in [5.74, 6) is 0.368. The van der Waals surface area contributed by atoms with Crippen LogP contribution in [-0.2, 0) is 4.79 Å². The van der Waals surface area contributed by atoms with Crippen LogP contribution in [0.3, 0.4) is 0 Å². The predicted molar refractivity (Wildman–Crippen MR) is 145 cm³/mol. The number of hydrogen-bond donors (Lipinski definition) is 1. The number of halogens is 1. The molecule has 3 aromatic carbocycles. The third kappa shape index (κ3) is 6.10. The van der Waals surface area contributed by atoms with Crippen LogP contribution in [0.4, 0.5) is 5.69 Å². The van der Waals surface area contributed by atoms with Gasteiger partial charge in [-0.05, 0) is 43.2 Å². The van der Waals surface area contributed by atoms with E-state index in [1.807, 2.05) is 86.6 Å². The van der Waals surface area contributed by atoms with E-state index in [-0.39, 0.29) is 12.3 Å². The van der Waals surface area contributed by atoms with Gasteiger partial charge in [0.2, 0.25) is 5.91 Å². The average molecular weight is 498 g/mol. The first-order valence-electron chi connectivity index (χ1n) is 11.2. The van der Waals surface area contributed by atoms with E-state index >= 15 is 0 Å². The maximum Gasteiger partial charge on any atom is 0.225 e. The summed E-state index contributed by atoms with van der Waals surface area (Å²) >= 11 is 7.58. The van der Waals surface area contributed by atoms with E-state index in [9.17, 15) is 10.1 Å². The van der Waals surface area contributed by atoms with Gasteiger partial charge in [-0.2, -0.15) is 5.26 Å². The molecule has 4 aromatic rings. The second-order valence-corrected chi connectivity index (χ2v) is 9.68. The van der Waals surface area contributed by atoms with Crippen LogP contribution in [-0.4, -0.2) is 16.6 Å². The standard InChI is InChI=1S/C29H24ClN3OS/c1-19-8-11-21(12-9-19)24-17-27(22-6-4-3-5-7-22)33-29(25(24)18-31)35-15-14-28(34)32-23-13-10-20(2)26(30)16-23/h3-13,16-17H,14-15H2,1-2H3,(H,32,34). The van der Waals surface area contributed by atoms with Crippen molar-refractivity contribution in [1.29, 1.82) is 5.26 Å².